The van der Waals surface area contributed by atoms with E-state index in [2.05, 4.69) is 10.1 Å². The molecule has 27 heavy (non-hydrogen) atoms. The molecule has 0 N–H and O–H groups in total. The highest BCUT2D eigenvalue weighted by Crippen LogP contribution is 2.32. The predicted molar refractivity (Wildman–Crippen MR) is 98.0 cm³/mol. The number of hydrogen-bond donors (Lipinski definition) is 0. The fourth-order valence-corrected chi connectivity index (χ4v) is 5.91. The number of thiazole rings is 1. The third kappa shape index (κ3) is 3.32. The minimum Gasteiger partial charge on any atom is -0.467 e. The summed E-state index contributed by atoms with van der Waals surface area (Å²) in [5.74, 6) is -0.0821. The first-order valence-electron chi connectivity index (χ1n) is 8.51. The number of piperidine rings is 1. The van der Waals surface area contributed by atoms with Crippen LogP contribution in [0.15, 0.2) is 27.6 Å². The summed E-state index contributed by atoms with van der Waals surface area (Å²) in [6.45, 7) is 3.87. The van der Waals surface area contributed by atoms with Gasteiger partial charge in [0.05, 0.1) is 4.70 Å². The van der Waals surface area contributed by atoms with Gasteiger partial charge in [-0.2, -0.15) is 9.29 Å². The average molecular weight is 411 g/mol. The lowest BCUT2D eigenvalue weighted by Crippen LogP contribution is -2.42. The van der Waals surface area contributed by atoms with Crippen LogP contribution < -0.4 is 4.74 Å². The van der Waals surface area contributed by atoms with Crippen molar-refractivity contribution in [3.63, 3.8) is 0 Å². The molecule has 4 rings (SSSR count). The van der Waals surface area contributed by atoms with Crippen LogP contribution in [-0.4, -0.2) is 42.1 Å². The molecule has 10 heteroatoms. The van der Waals surface area contributed by atoms with Crippen LogP contribution in [-0.2, 0) is 10.0 Å². The monoisotopic (exact) mass is 411 g/mol. The second-order valence-corrected chi connectivity index (χ2v) is 9.31. The van der Waals surface area contributed by atoms with Crippen molar-refractivity contribution in [2.45, 2.75) is 37.7 Å². The Morgan fingerprint density at radius 3 is 2.67 bits per heavy atom. The van der Waals surface area contributed by atoms with Crippen LogP contribution in [0, 0.1) is 19.7 Å². The van der Waals surface area contributed by atoms with Crippen LogP contribution in [0.4, 0.5) is 4.39 Å². The van der Waals surface area contributed by atoms with E-state index in [0.29, 0.717) is 48.1 Å². The third-order valence-corrected chi connectivity index (χ3v) is 7.64. The number of hydrogen-bond acceptors (Lipinski definition) is 7. The van der Waals surface area contributed by atoms with Gasteiger partial charge in [-0.15, -0.1) is 0 Å². The highest BCUT2D eigenvalue weighted by atomic mass is 32.2. The van der Waals surface area contributed by atoms with Crippen molar-refractivity contribution in [1.82, 2.24) is 14.4 Å². The molecule has 0 aliphatic carbocycles. The molecule has 1 saturated heterocycles. The van der Waals surface area contributed by atoms with Crippen LogP contribution in [0.1, 0.15) is 24.3 Å². The molecule has 1 aromatic carbocycles. The SMILES string of the molecule is Cc1noc(C)c1S(=O)(=O)N1CCC(Oc2nc3c(F)cccc3s2)CC1. The zero-order valence-electron chi connectivity index (χ0n) is 14.8. The van der Waals surface area contributed by atoms with Crippen molar-refractivity contribution in [3.8, 4) is 5.19 Å². The Morgan fingerprint density at radius 1 is 1.30 bits per heavy atom. The molecule has 0 spiro atoms. The molecule has 3 heterocycles. The summed E-state index contributed by atoms with van der Waals surface area (Å²) in [5, 5.41) is 4.14. The van der Waals surface area contributed by atoms with E-state index < -0.39 is 10.0 Å². The number of aryl methyl sites for hydroxylation is 2. The van der Waals surface area contributed by atoms with Gasteiger partial charge >= 0.3 is 0 Å². The van der Waals surface area contributed by atoms with E-state index >= 15 is 0 Å². The maximum absolute atomic E-state index is 13.8. The summed E-state index contributed by atoms with van der Waals surface area (Å²) in [6.07, 6.45) is 0.895. The molecule has 0 unspecified atom stereocenters. The van der Waals surface area contributed by atoms with Gasteiger partial charge in [-0.05, 0) is 38.8 Å². The Labute approximate surface area is 159 Å². The molecule has 0 saturated carbocycles. The molecule has 0 amide bonds. The zero-order chi connectivity index (χ0) is 19.2. The smallest absolute Gasteiger partial charge is 0.274 e. The van der Waals surface area contributed by atoms with E-state index in [1.54, 1.807) is 26.0 Å². The fourth-order valence-electron chi connectivity index (χ4n) is 3.25. The number of para-hydroxylation sites is 1. The lowest BCUT2D eigenvalue weighted by molar-refractivity contribution is 0.135. The van der Waals surface area contributed by atoms with E-state index in [4.69, 9.17) is 9.26 Å². The Kier molecular flexibility index (Phi) is 4.65. The van der Waals surface area contributed by atoms with E-state index in [-0.39, 0.29) is 16.8 Å². The topological polar surface area (TPSA) is 85.5 Å². The Bertz CT molecular complexity index is 1070. The predicted octanol–water partition coefficient (Wildman–Crippen LogP) is 3.27. The Morgan fingerprint density at radius 2 is 2.04 bits per heavy atom. The van der Waals surface area contributed by atoms with Crippen molar-refractivity contribution in [2.75, 3.05) is 13.1 Å². The van der Waals surface area contributed by atoms with Gasteiger partial charge in [0.2, 0.25) is 10.0 Å². The summed E-state index contributed by atoms with van der Waals surface area (Å²) in [5.41, 5.74) is 0.665. The van der Waals surface area contributed by atoms with E-state index in [1.807, 2.05) is 0 Å². The first-order valence-corrected chi connectivity index (χ1v) is 10.8. The normalized spacial score (nSPS) is 16.9. The molecule has 7 nitrogen and oxygen atoms in total. The molecule has 1 aliphatic heterocycles. The van der Waals surface area contributed by atoms with Gasteiger partial charge in [0, 0.05) is 13.1 Å². The van der Waals surface area contributed by atoms with E-state index in [1.165, 1.54) is 21.7 Å². The summed E-state index contributed by atoms with van der Waals surface area (Å²) < 4.78 is 52.5. The van der Waals surface area contributed by atoms with Crippen LogP contribution in [0.5, 0.6) is 5.19 Å². The number of ether oxygens (including phenoxy) is 1. The molecule has 2 aromatic heterocycles. The number of halogens is 1. The van der Waals surface area contributed by atoms with Gasteiger partial charge in [-0.25, -0.2) is 12.8 Å². The second-order valence-electron chi connectivity index (χ2n) is 6.44. The number of aromatic nitrogens is 2. The quantitative estimate of drug-likeness (QED) is 0.655. The molecule has 144 valence electrons. The molecule has 1 fully saturated rings. The second kappa shape index (κ2) is 6.84. The molecule has 0 atom stereocenters. The lowest BCUT2D eigenvalue weighted by atomic mass is 10.1. The van der Waals surface area contributed by atoms with Gasteiger partial charge in [0.15, 0.2) is 5.76 Å². The summed E-state index contributed by atoms with van der Waals surface area (Å²) in [4.78, 5) is 4.35. The minimum absolute atomic E-state index is 0.142. The van der Waals surface area contributed by atoms with E-state index in [9.17, 15) is 12.8 Å². The molecule has 0 radical (unpaired) electrons. The minimum atomic E-state index is -3.64. The van der Waals surface area contributed by atoms with E-state index in [0.717, 1.165) is 4.70 Å². The highest BCUT2D eigenvalue weighted by Gasteiger charge is 2.34. The Balaban J connectivity index is 1.45. The Hall–Kier alpha value is -2.04. The summed E-state index contributed by atoms with van der Waals surface area (Å²) in [6, 6.07) is 4.79. The first kappa shape index (κ1) is 18.3. The van der Waals surface area contributed by atoms with Crippen LogP contribution in [0.3, 0.4) is 0 Å². The zero-order valence-corrected chi connectivity index (χ0v) is 16.4. The van der Waals surface area contributed by atoms with Crippen LogP contribution in [0.2, 0.25) is 0 Å². The van der Waals surface area contributed by atoms with Gasteiger partial charge in [-0.1, -0.05) is 22.6 Å². The first-order chi connectivity index (χ1) is 12.9. The van der Waals surface area contributed by atoms with Gasteiger partial charge in [-0.3, -0.25) is 0 Å². The number of benzene rings is 1. The molecule has 3 aromatic rings. The molecular weight excluding hydrogens is 393 g/mol. The van der Waals surface area contributed by atoms with Gasteiger partial charge < -0.3 is 9.26 Å². The van der Waals surface area contributed by atoms with Crippen molar-refractivity contribution >= 4 is 31.6 Å². The third-order valence-electron chi connectivity index (χ3n) is 4.58. The van der Waals surface area contributed by atoms with Crippen LogP contribution in [0.25, 0.3) is 10.2 Å². The van der Waals surface area contributed by atoms with Crippen molar-refractivity contribution in [1.29, 1.82) is 0 Å². The van der Waals surface area contributed by atoms with Crippen molar-refractivity contribution in [3.05, 3.63) is 35.5 Å². The van der Waals surface area contributed by atoms with Crippen LogP contribution >= 0.6 is 11.3 Å². The highest BCUT2D eigenvalue weighted by molar-refractivity contribution is 7.89. The molecular formula is C17H18FN3O4S2. The van der Waals surface area contributed by atoms with Gasteiger partial charge in [0.25, 0.3) is 5.19 Å². The maximum atomic E-state index is 13.8. The fraction of sp³-hybridized carbons (Fsp3) is 0.412. The van der Waals surface area contributed by atoms with Gasteiger partial charge in [0.1, 0.15) is 28.0 Å². The summed E-state index contributed by atoms with van der Waals surface area (Å²) >= 11 is 1.29. The summed E-state index contributed by atoms with van der Waals surface area (Å²) in [7, 11) is -3.64. The lowest BCUT2D eigenvalue weighted by Gasteiger charge is -2.30. The molecule has 0 bridgehead atoms. The van der Waals surface area contributed by atoms with Crippen molar-refractivity contribution in [2.24, 2.45) is 0 Å². The standard InChI is InChI=1S/C17H18FN3O4S2/c1-10-16(11(2)25-20-10)27(22,23)21-8-6-12(7-9-21)24-17-19-15-13(18)4-3-5-14(15)26-17/h3-5,12H,6-9H2,1-2H3. The maximum Gasteiger partial charge on any atom is 0.274 e. The number of sulfonamides is 1. The number of rotatable bonds is 4. The number of fused-ring (bicyclic) bond motifs is 1. The average Bonchev–Trinajstić information content (AvgIpc) is 3.19. The molecule has 1 aliphatic rings. The number of nitrogens with zero attached hydrogens (tertiary/aromatic N) is 3. The largest absolute Gasteiger partial charge is 0.467 e. The van der Waals surface area contributed by atoms with Crippen molar-refractivity contribution < 1.29 is 22.1 Å².